The summed E-state index contributed by atoms with van der Waals surface area (Å²) in [6.45, 7) is 1.97. The number of hydrogen-bond acceptors (Lipinski definition) is 3. The van der Waals surface area contributed by atoms with Crippen LogP contribution in [0.15, 0.2) is 54.9 Å². The van der Waals surface area contributed by atoms with E-state index in [0.29, 0.717) is 5.56 Å². The number of rotatable bonds is 4. The van der Waals surface area contributed by atoms with Gasteiger partial charge >= 0.3 is 0 Å². The Morgan fingerprint density at radius 2 is 1.78 bits per heavy atom. The monoisotopic (exact) mass is 307 g/mol. The second-order valence-corrected chi connectivity index (χ2v) is 5.14. The van der Waals surface area contributed by atoms with E-state index in [2.05, 4.69) is 15.3 Å². The van der Waals surface area contributed by atoms with Crippen LogP contribution in [0, 0.1) is 6.92 Å². The number of H-pyrrole nitrogens is 1. The number of aryl methyl sites for hydroxylation is 1. The average molecular weight is 307 g/mol. The minimum atomic E-state index is -0.156. The van der Waals surface area contributed by atoms with Crippen molar-refractivity contribution in [3.8, 4) is 17.0 Å². The fraction of sp³-hybridized carbons (Fsp3) is 0.111. The van der Waals surface area contributed by atoms with E-state index < -0.39 is 0 Å². The van der Waals surface area contributed by atoms with Gasteiger partial charge in [-0.3, -0.25) is 4.79 Å². The van der Waals surface area contributed by atoms with Gasteiger partial charge in [-0.25, -0.2) is 4.98 Å². The fourth-order valence-electron chi connectivity index (χ4n) is 2.31. The molecule has 1 heterocycles. The van der Waals surface area contributed by atoms with Crippen LogP contribution < -0.4 is 10.1 Å². The van der Waals surface area contributed by atoms with Crippen molar-refractivity contribution < 1.29 is 9.53 Å². The van der Waals surface area contributed by atoms with Crippen LogP contribution in [-0.2, 0) is 0 Å². The van der Waals surface area contributed by atoms with Crippen molar-refractivity contribution in [2.45, 2.75) is 6.92 Å². The smallest absolute Gasteiger partial charge is 0.255 e. The number of aromatic nitrogens is 2. The molecule has 5 heteroatoms. The molecule has 0 aliphatic carbocycles. The van der Waals surface area contributed by atoms with E-state index in [9.17, 15) is 4.79 Å². The van der Waals surface area contributed by atoms with Gasteiger partial charge in [-0.05, 0) is 43.3 Å². The number of carbonyl (C=O) groups is 1. The number of methoxy groups -OCH3 is 1. The van der Waals surface area contributed by atoms with E-state index in [4.69, 9.17) is 4.74 Å². The summed E-state index contributed by atoms with van der Waals surface area (Å²) in [6, 6.07) is 14.6. The summed E-state index contributed by atoms with van der Waals surface area (Å²) >= 11 is 0. The number of nitrogens with one attached hydrogen (secondary N) is 2. The Bertz CT molecular complexity index is 805. The minimum Gasteiger partial charge on any atom is -0.497 e. The van der Waals surface area contributed by atoms with Crippen LogP contribution in [0.2, 0.25) is 0 Å². The van der Waals surface area contributed by atoms with Gasteiger partial charge in [0.05, 0.1) is 19.1 Å². The van der Waals surface area contributed by atoms with Gasteiger partial charge in [0.15, 0.2) is 0 Å². The molecule has 2 aromatic carbocycles. The highest BCUT2D eigenvalue weighted by Crippen LogP contribution is 2.22. The lowest BCUT2D eigenvalue weighted by Crippen LogP contribution is -2.11. The Kier molecular flexibility index (Phi) is 4.10. The second kappa shape index (κ2) is 6.36. The first kappa shape index (κ1) is 14.8. The third-order valence-corrected chi connectivity index (χ3v) is 3.60. The van der Waals surface area contributed by atoms with Gasteiger partial charge in [-0.2, -0.15) is 0 Å². The average Bonchev–Trinajstić information content (AvgIpc) is 3.01. The van der Waals surface area contributed by atoms with Gasteiger partial charge < -0.3 is 15.0 Å². The Labute approximate surface area is 134 Å². The van der Waals surface area contributed by atoms with Crippen LogP contribution in [0.25, 0.3) is 11.3 Å². The number of benzene rings is 2. The maximum atomic E-state index is 12.2. The third-order valence-electron chi connectivity index (χ3n) is 3.60. The van der Waals surface area contributed by atoms with Crippen molar-refractivity contribution in [1.82, 2.24) is 9.97 Å². The Morgan fingerprint density at radius 3 is 2.35 bits per heavy atom. The minimum absolute atomic E-state index is 0.156. The largest absolute Gasteiger partial charge is 0.497 e. The third kappa shape index (κ3) is 3.23. The number of imidazole rings is 1. The standard InChI is InChI=1S/C18H17N3O2/c1-12-17(20-11-19-12)13-3-7-15(8-4-13)21-18(22)14-5-9-16(23-2)10-6-14/h3-11H,1-2H3,(H,19,20)(H,21,22). The Morgan fingerprint density at radius 1 is 1.09 bits per heavy atom. The van der Waals surface area contributed by atoms with E-state index in [1.165, 1.54) is 0 Å². The lowest BCUT2D eigenvalue weighted by Gasteiger charge is -2.07. The molecule has 0 radical (unpaired) electrons. The molecule has 23 heavy (non-hydrogen) atoms. The molecule has 0 bridgehead atoms. The zero-order valence-corrected chi connectivity index (χ0v) is 13.0. The highest BCUT2D eigenvalue weighted by Gasteiger charge is 2.08. The maximum Gasteiger partial charge on any atom is 0.255 e. The fourth-order valence-corrected chi connectivity index (χ4v) is 2.31. The number of carbonyl (C=O) groups excluding carboxylic acids is 1. The predicted octanol–water partition coefficient (Wildman–Crippen LogP) is 3.65. The van der Waals surface area contributed by atoms with Gasteiger partial charge in [0.25, 0.3) is 5.91 Å². The summed E-state index contributed by atoms with van der Waals surface area (Å²) in [5.41, 5.74) is 4.25. The van der Waals surface area contributed by atoms with Crippen molar-refractivity contribution >= 4 is 11.6 Å². The quantitative estimate of drug-likeness (QED) is 0.773. The number of aromatic amines is 1. The number of nitrogens with zero attached hydrogens (tertiary/aromatic N) is 1. The van der Waals surface area contributed by atoms with Crippen molar-refractivity contribution in [2.75, 3.05) is 12.4 Å². The molecule has 116 valence electrons. The molecule has 1 amide bonds. The molecule has 2 N–H and O–H groups in total. The second-order valence-electron chi connectivity index (χ2n) is 5.14. The van der Waals surface area contributed by atoms with Gasteiger partial charge in [-0.1, -0.05) is 12.1 Å². The number of anilines is 1. The van der Waals surface area contributed by atoms with Crippen molar-refractivity contribution in [3.05, 3.63) is 66.1 Å². The highest BCUT2D eigenvalue weighted by atomic mass is 16.5. The van der Waals surface area contributed by atoms with Crippen molar-refractivity contribution in [3.63, 3.8) is 0 Å². The lowest BCUT2D eigenvalue weighted by atomic mass is 10.1. The van der Waals surface area contributed by atoms with E-state index >= 15 is 0 Å². The molecule has 0 fully saturated rings. The Balaban J connectivity index is 1.72. The highest BCUT2D eigenvalue weighted by molar-refractivity contribution is 6.04. The molecule has 0 saturated carbocycles. The van der Waals surface area contributed by atoms with Gasteiger partial charge in [-0.15, -0.1) is 0 Å². The van der Waals surface area contributed by atoms with Crippen LogP contribution in [-0.4, -0.2) is 23.0 Å². The summed E-state index contributed by atoms with van der Waals surface area (Å²) < 4.78 is 5.09. The molecule has 5 nitrogen and oxygen atoms in total. The zero-order valence-electron chi connectivity index (χ0n) is 13.0. The number of hydrogen-bond donors (Lipinski definition) is 2. The molecule has 1 aromatic heterocycles. The molecular formula is C18H17N3O2. The molecule has 0 spiro atoms. The van der Waals surface area contributed by atoms with Gasteiger partial charge in [0.2, 0.25) is 0 Å². The SMILES string of the molecule is COc1ccc(C(=O)Nc2ccc(-c3nc[nH]c3C)cc2)cc1. The van der Waals surface area contributed by atoms with E-state index in [1.807, 2.05) is 31.2 Å². The molecule has 0 unspecified atom stereocenters. The summed E-state index contributed by atoms with van der Waals surface area (Å²) in [5, 5.41) is 2.87. The van der Waals surface area contributed by atoms with E-state index in [-0.39, 0.29) is 5.91 Å². The van der Waals surface area contributed by atoms with Crippen molar-refractivity contribution in [1.29, 1.82) is 0 Å². The van der Waals surface area contributed by atoms with Crippen LogP contribution in [0.3, 0.4) is 0 Å². The lowest BCUT2D eigenvalue weighted by molar-refractivity contribution is 0.102. The Hall–Kier alpha value is -3.08. The molecule has 3 rings (SSSR count). The maximum absolute atomic E-state index is 12.2. The summed E-state index contributed by atoms with van der Waals surface area (Å²) in [4.78, 5) is 19.6. The van der Waals surface area contributed by atoms with Crippen LogP contribution >= 0.6 is 0 Å². The van der Waals surface area contributed by atoms with Gasteiger partial charge in [0.1, 0.15) is 5.75 Å². The molecule has 3 aromatic rings. The van der Waals surface area contributed by atoms with Crippen LogP contribution in [0.5, 0.6) is 5.75 Å². The number of amides is 1. The van der Waals surface area contributed by atoms with Crippen LogP contribution in [0.1, 0.15) is 16.1 Å². The first-order chi connectivity index (χ1) is 11.2. The summed E-state index contributed by atoms with van der Waals surface area (Å²) in [6.07, 6.45) is 1.67. The number of ether oxygens (including phenoxy) is 1. The molecule has 0 aliphatic rings. The summed E-state index contributed by atoms with van der Waals surface area (Å²) in [7, 11) is 1.59. The molecule has 0 aliphatic heterocycles. The first-order valence-electron chi connectivity index (χ1n) is 7.23. The van der Waals surface area contributed by atoms with E-state index in [0.717, 1.165) is 28.4 Å². The molecular weight excluding hydrogens is 290 g/mol. The van der Waals surface area contributed by atoms with Crippen LogP contribution in [0.4, 0.5) is 5.69 Å². The molecule has 0 saturated heterocycles. The van der Waals surface area contributed by atoms with E-state index in [1.54, 1.807) is 37.7 Å². The molecule has 0 atom stereocenters. The topological polar surface area (TPSA) is 67.0 Å². The zero-order chi connectivity index (χ0) is 16.2. The predicted molar refractivity (Wildman–Crippen MR) is 89.7 cm³/mol. The summed E-state index contributed by atoms with van der Waals surface area (Å²) in [5.74, 6) is 0.566. The van der Waals surface area contributed by atoms with Gasteiger partial charge in [0, 0.05) is 22.5 Å². The van der Waals surface area contributed by atoms with Crippen molar-refractivity contribution in [2.24, 2.45) is 0 Å². The first-order valence-corrected chi connectivity index (χ1v) is 7.23. The normalized spacial score (nSPS) is 10.3.